The van der Waals surface area contributed by atoms with Gasteiger partial charge in [0.25, 0.3) is 0 Å². The second-order valence-electron chi connectivity index (χ2n) is 12.1. The maximum Gasteiger partial charge on any atom is 0.172 e. The largest absolute Gasteiger partial charge is 0.453 e. The van der Waals surface area contributed by atoms with Crippen molar-refractivity contribution in [3.63, 3.8) is 0 Å². The number of furan rings is 1. The third-order valence-corrected chi connectivity index (χ3v) is 13.5. The van der Waals surface area contributed by atoms with E-state index in [2.05, 4.69) is 138 Å². The molecule has 5 heteroatoms. The number of para-hydroxylation sites is 1. The summed E-state index contributed by atoms with van der Waals surface area (Å²) < 4.78 is 11.7. The summed E-state index contributed by atoms with van der Waals surface area (Å²) in [5.74, 6) is 0.913. The van der Waals surface area contributed by atoms with Crippen LogP contribution < -0.4 is 4.90 Å². The molecule has 0 saturated carbocycles. The van der Waals surface area contributed by atoms with Crippen LogP contribution in [0.25, 0.3) is 63.8 Å². The zero-order valence-electron chi connectivity index (χ0n) is 24.9. The predicted molar refractivity (Wildman–Crippen MR) is 209 cm³/mol. The van der Waals surface area contributed by atoms with Crippen molar-refractivity contribution in [2.75, 3.05) is 4.90 Å². The van der Waals surface area contributed by atoms with Crippen molar-refractivity contribution < 1.29 is 4.42 Å². The minimum absolute atomic E-state index is 0.776. The summed E-state index contributed by atoms with van der Waals surface area (Å²) in [6.45, 7) is 0. The van der Waals surface area contributed by atoms with Gasteiger partial charge in [0.1, 0.15) is 11.3 Å². The summed E-state index contributed by atoms with van der Waals surface area (Å²) >= 11 is 1.08. The second-order valence-corrected chi connectivity index (χ2v) is 15.7. The van der Waals surface area contributed by atoms with Gasteiger partial charge >= 0.3 is 0 Å². The van der Waals surface area contributed by atoms with Gasteiger partial charge in [0.05, 0.1) is 14.9 Å². The summed E-state index contributed by atoms with van der Waals surface area (Å²) in [5, 5.41) is 8.69. The molecule has 0 N–H and O–H groups in total. The van der Waals surface area contributed by atoms with Gasteiger partial charge in [-0.1, -0.05) is 97.1 Å². The van der Waals surface area contributed by atoms with Gasteiger partial charge < -0.3 is 4.42 Å². The first kappa shape index (κ1) is 26.0. The molecule has 2 aliphatic heterocycles. The van der Waals surface area contributed by atoms with Crippen LogP contribution in [0.15, 0.2) is 149 Å². The van der Waals surface area contributed by atoms with Crippen molar-refractivity contribution in [3.8, 4) is 11.1 Å². The van der Waals surface area contributed by atoms with Crippen LogP contribution in [0.5, 0.6) is 0 Å². The summed E-state index contributed by atoms with van der Waals surface area (Å²) in [5.41, 5.74) is 7.95. The minimum Gasteiger partial charge on any atom is -0.453 e. The third kappa shape index (κ3) is 3.67. The fourth-order valence-electron chi connectivity index (χ4n) is 7.45. The first-order valence-corrected chi connectivity index (χ1v) is 18.7. The monoisotopic (exact) mass is 730 g/mol. The Labute approximate surface area is 283 Å². The number of rotatable bonds is 1. The van der Waals surface area contributed by atoms with Gasteiger partial charge in [-0.3, -0.25) is 4.90 Å². The SMILES string of the molecule is c1ccc2c3c(ccc2c1)N(C1=Nc2c(oc4ccccc24)C(c2ccc4sc5ccccc5c4c2)=I1)c1cccc2cccc-3c12. The highest BCUT2D eigenvalue weighted by molar-refractivity contribution is 14.2. The number of thiophene rings is 1. The Hall–Kier alpha value is -5.11. The van der Waals surface area contributed by atoms with Crippen molar-refractivity contribution in [3.05, 3.63) is 151 Å². The fraction of sp³-hybridized carbons (Fsp3) is 0. The van der Waals surface area contributed by atoms with E-state index in [1.54, 1.807) is 0 Å². The topological polar surface area (TPSA) is 28.7 Å². The molecule has 0 saturated heterocycles. The van der Waals surface area contributed by atoms with Crippen LogP contribution >= 0.6 is 32.1 Å². The maximum atomic E-state index is 6.68. The van der Waals surface area contributed by atoms with Crippen LogP contribution in [0.3, 0.4) is 0 Å². The van der Waals surface area contributed by atoms with Gasteiger partial charge in [-0.2, -0.15) is 0 Å². The fourth-order valence-corrected chi connectivity index (χ4v) is 11.4. The lowest BCUT2D eigenvalue weighted by Gasteiger charge is -2.34. The number of aliphatic imine (C=N–C) groups is 1. The lowest BCUT2D eigenvalue weighted by molar-refractivity contribution is 0.608. The molecular weight excluding hydrogens is 707 g/mol. The Morgan fingerprint density at radius 2 is 1.36 bits per heavy atom. The molecular formula is C42H23IN2OS. The lowest BCUT2D eigenvalue weighted by Crippen LogP contribution is -2.26. The molecule has 0 spiro atoms. The highest BCUT2D eigenvalue weighted by atomic mass is 127. The van der Waals surface area contributed by atoms with Gasteiger partial charge in [0.15, 0.2) is 9.60 Å². The molecule has 0 atom stereocenters. The number of anilines is 2. The maximum absolute atomic E-state index is 6.68. The Morgan fingerprint density at radius 1 is 0.596 bits per heavy atom. The average Bonchev–Trinajstić information content (AvgIpc) is 3.69. The summed E-state index contributed by atoms with van der Waals surface area (Å²) in [4.78, 5) is 8.02. The number of hydrogen-bond acceptors (Lipinski definition) is 4. The molecule has 2 aromatic heterocycles. The van der Waals surface area contributed by atoms with Gasteiger partial charge in [0, 0.05) is 36.5 Å². The third-order valence-electron chi connectivity index (χ3n) is 9.51. The van der Waals surface area contributed by atoms with E-state index in [1.807, 2.05) is 17.4 Å². The summed E-state index contributed by atoms with van der Waals surface area (Å²) in [6.07, 6.45) is 0. The summed E-state index contributed by atoms with van der Waals surface area (Å²) in [7, 11) is 0. The molecule has 0 fully saturated rings. The zero-order valence-corrected chi connectivity index (χ0v) is 27.8. The molecule has 0 unspecified atom stereocenters. The number of nitrogens with zero attached hydrogens (tertiary/aromatic N) is 2. The van der Waals surface area contributed by atoms with E-state index >= 15 is 0 Å². The van der Waals surface area contributed by atoms with E-state index in [0.29, 0.717) is 0 Å². The van der Waals surface area contributed by atoms with Gasteiger partial charge in [-0.05, 0) is 90.5 Å². The molecule has 0 amide bonds. The predicted octanol–water partition coefficient (Wildman–Crippen LogP) is 12.5. The molecule has 220 valence electrons. The lowest BCUT2D eigenvalue weighted by atomic mass is 9.88. The van der Waals surface area contributed by atoms with E-state index < -0.39 is 20.7 Å². The molecule has 0 bridgehead atoms. The van der Waals surface area contributed by atoms with Crippen molar-refractivity contribution in [2.24, 2.45) is 4.99 Å². The average molecular weight is 731 g/mol. The number of fused-ring (bicyclic) bond motifs is 10. The van der Waals surface area contributed by atoms with E-state index in [-0.39, 0.29) is 0 Å². The van der Waals surface area contributed by atoms with Crippen molar-refractivity contribution in [1.29, 1.82) is 0 Å². The van der Waals surface area contributed by atoms with Crippen LogP contribution in [-0.2, 0) is 0 Å². The zero-order chi connectivity index (χ0) is 30.6. The first-order valence-electron chi connectivity index (χ1n) is 15.7. The Bertz CT molecular complexity index is 2870. The Balaban J connectivity index is 1.23. The van der Waals surface area contributed by atoms with Gasteiger partial charge in [0.2, 0.25) is 0 Å². The van der Waals surface area contributed by atoms with Crippen molar-refractivity contribution >= 4 is 109 Å². The van der Waals surface area contributed by atoms with Crippen LogP contribution in [-0.4, -0.2) is 7.35 Å². The molecule has 9 aromatic rings. The van der Waals surface area contributed by atoms with Gasteiger partial charge in [-0.15, -0.1) is 11.3 Å². The molecule has 0 radical (unpaired) electrons. The number of amidine groups is 1. The molecule has 7 aromatic carbocycles. The Morgan fingerprint density at radius 3 is 2.30 bits per heavy atom. The second kappa shape index (κ2) is 9.70. The van der Waals surface area contributed by atoms with E-state index in [0.717, 1.165) is 26.3 Å². The van der Waals surface area contributed by atoms with Crippen LogP contribution in [0.1, 0.15) is 11.3 Å². The number of hydrogen-bond donors (Lipinski definition) is 0. The van der Waals surface area contributed by atoms with Crippen LogP contribution in [0.2, 0.25) is 0 Å². The molecule has 11 rings (SSSR count). The van der Waals surface area contributed by atoms with Crippen molar-refractivity contribution in [2.45, 2.75) is 0 Å². The quantitative estimate of drug-likeness (QED) is 0.124. The summed E-state index contributed by atoms with van der Waals surface area (Å²) in [6, 6.07) is 50.7. The first-order chi connectivity index (χ1) is 23.3. The number of benzene rings is 7. The van der Waals surface area contributed by atoms with Crippen LogP contribution in [0.4, 0.5) is 17.1 Å². The Kier molecular flexibility index (Phi) is 5.37. The van der Waals surface area contributed by atoms with Gasteiger partial charge in [-0.25, -0.2) is 4.99 Å². The normalized spacial score (nSPS) is 13.9. The number of halogens is 1. The molecule has 0 aliphatic carbocycles. The highest BCUT2D eigenvalue weighted by Crippen LogP contribution is 2.53. The van der Waals surface area contributed by atoms with E-state index in [4.69, 9.17) is 9.41 Å². The molecule has 4 heterocycles. The van der Waals surface area contributed by atoms with E-state index in [9.17, 15) is 0 Å². The van der Waals surface area contributed by atoms with Crippen LogP contribution in [0, 0.1) is 0 Å². The smallest absolute Gasteiger partial charge is 0.172 e. The van der Waals surface area contributed by atoms with Crippen molar-refractivity contribution in [1.82, 2.24) is 0 Å². The molecule has 2 aliphatic rings. The minimum atomic E-state index is -0.776. The standard InChI is InChI=1S/C42H23IN2OS/c1-2-12-27-24(9-1)19-21-33-38(27)30-15-7-10-25-11-8-16-32(37(25)30)45(33)42-43-39(41-40(44-42)29-14-3-5-17-34(29)46-41)26-20-22-36-31(23-26)28-13-4-6-18-35(28)47-36/h1-23H. The molecule has 3 nitrogen and oxygen atoms in total. The van der Waals surface area contributed by atoms with E-state index in [1.165, 1.54) is 73.3 Å². The molecule has 47 heavy (non-hydrogen) atoms. The highest BCUT2D eigenvalue weighted by Gasteiger charge is 2.33.